The Hall–Kier alpha value is -2.01. The molecular weight excluding hydrogens is 232 g/mol. The highest BCUT2D eigenvalue weighted by Gasteiger charge is 2.09. The van der Waals surface area contributed by atoms with Gasteiger partial charge in [-0.1, -0.05) is 0 Å². The number of nitrogens with two attached hydrogens (primary N) is 1. The average molecular weight is 248 g/mol. The Bertz CT molecular complexity index is 500. The first kappa shape index (κ1) is 12.4. The van der Waals surface area contributed by atoms with Gasteiger partial charge in [-0.25, -0.2) is 4.98 Å². The van der Waals surface area contributed by atoms with Crippen molar-refractivity contribution in [2.24, 2.45) is 5.73 Å². The Morgan fingerprint density at radius 2 is 1.83 bits per heavy atom. The van der Waals surface area contributed by atoms with E-state index in [1.165, 1.54) is 0 Å². The van der Waals surface area contributed by atoms with Gasteiger partial charge >= 0.3 is 0 Å². The third-order valence-electron chi connectivity index (χ3n) is 2.55. The lowest BCUT2D eigenvalue weighted by molar-refractivity contribution is 0.394. The fourth-order valence-corrected chi connectivity index (χ4v) is 1.63. The normalized spacial score (nSPS) is 10.4. The third-order valence-corrected chi connectivity index (χ3v) is 2.55. The second-order valence-corrected chi connectivity index (χ2v) is 3.78. The van der Waals surface area contributed by atoms with Gasteiger partial charge in [0.25, 0.3) is 0 Å². The number of hydrogen-bond donors (Lipinski definition) is 1. The molecule has 1 aromatic carbocycles. The average Bonchev–Trinajstić information content (AvgIpc) is 2.87. The molecule has 96 valence electrons. The molecule has 0 amide bonds. The maximum Gasteiger partial charge on any atom is 0.226 e. The molecule has 2 aromatic rings. The van der Waals surface area contributed by atoms with Crippen molar-refractivity contribution in [1.82, 2.24) is 4.98 Å². The molecule has 0 fully saturated rings. The molecule has 5 heteroatoms. The summed E-state index contributed by atoms with van der Waals surface area (Å²) in [6.07, 6.45) is 2.32. The molecule has 2 rings (SSSR count). The lowest BCUT2D eigenvalue weighted by Gasteiger charge is -2.05. The van der Waals surface area contributed by atoms with E-state index in [-0.39, 0.29) is 0 Å². The van der Waals surface area contributed by atoms with E-state index in [4.69, 9.17) is 19.6 Å². The molecule has 0 radical (unpaired) electrons. The molecule has 0 saturated heterocycles. The molecule has 0 atom stereocenters. The van der Waals surface area contributed by atoms with Gasteiger partial charge in [0, 0.05) is 18.1 Å². The van der Waals surface area contributed by atoms with Crippen LogP contribution in [0.2, 0.25) is 0 Å². The van der Waals surface area contributed by atoms with Gasteiger partial charge in [0.05, 0.1) is 19.9 Å². The summed E-state index contributed by atoms with van der Waals surface area (Å²) in [7, 11) is 3.21. The molecule has 1 aromatic heterocycles. The minimum absolute atomic E-state index is 0.538. The highest BCUT2D eigenvalue weighted by molar-refractivity contribution is 5.59. The van der Waals surface area contributed by atoms with Gasteiger partial charge < -0.3 is 19.6 Å². The largest absolute Gasteiger partial charge is 0.497 e. The van der Waals surface area contributed by atoms with Crippen LogP contribution in [0.3, 0.4) is 0 Å². The van der Waals surface area contributed by atoms with Crippen molar-refractivity contribution in [2.45, 2.75) is 6.42 Å². The smallest absolute Gasteiger partial charge is 0.226 e. The summed E-state index contributed by atoms with van der Waals surface area (Å²) >= 11 is 0. The van der Waals surface area contributed by atoms with Crippen LogP contribution >= 0.6 is 0 Å². The number of ether oxygens (including phenoxy) is 2. The van der Waals surface area contributed by atoms with Crippen LogP contribution in [-0.4, -0.2) is 25.7 Å². The highest BCUT2D eigenvalue weighted by atomic mass is 16.5. The summed E-state index contributed by atoms with van der Waals surface area (Å²) in [5.74, 6) is 1.93. The Morgan fingerprint density at radius 1 is 1.17 bits per heavy atom. The first-order chi connectivity index (χ1) is 8.76. The van der Waals surface area contributed by atoms with Crippen LogP contribution in [0.5, 0.6) is 11.5 Å². The summed E-state index contributed by atoms with van der Waals surface area (Å²) < 4.78 is 15.8. The van der Waals surface area contributed by atoms with Crippen molar-refractivity contribution in [2.75, 3.05) is 20.8 Å². The van der Waals surface area contributed by atoms with E-state index in [0.29, 0.717) is 30.4 Å². The first-order valence-corrected chi connectivity index (χ1v) is 5.64. The van der Waals surface area contributed by atoms with Crippen LogP contribution in [0.15, 0.2) is 28.9 Å². The second-order valence-electron chi connectivity index (χ2n) is 3.78. The Morgan fingerprint density at radius 3 is 2.39 bits per heavy atom. The Kier molecular flexibility index (Phi) is 3.84. The van der Waals surface area contributed by atoms with E-state index in [2.05, 4.69) is 4.98 Å². The van der Waals surface area contributed by atoms with E-state index >= 15 is 0 Å². The van der Waals surface area contributed by atoms with Crippen molar-refractivity contribution in [3.63, 3.8) is 0 Å². The maximum atomic E-state index is 5.48. The standard InChI is InChI=1S/C13H16N2O3/c1-16-11-5-9(6-12(7-11)17-2)13-15-10(3-4-14)8-18-13/h5-8H,3-4,14H2,1-2H3. The molecule has 5 nitrogen and oxygen atoms in total. The minimum atomic E-state index is 0.538. The maximum absolute atomic E-state index is 5.48. The van der Waals surface area contributed by atoms with Crippen molar-refractivity contribution in [1.29, 1.82) is 0 Å². The van der Waals surface area contributed by atoms with E-state index in [9.17, 15) is 0 Å². The molecule has 18 heavy (non-hydrogen) atoms. The molecular formula is C13H16N2O3. The van der Waals surface area contributed by atoms with Crippen LogP contribution in [0, 0.1) is 0 Å². The van der Waals surface area contributed by atoms with E-state index in [1.807, 2.05) is 12.1 Å². The van der Waals surface area contributed by atoms with Crippen LogP contribution in [0.25, 0.3) is 11.5 Å². The lowest BCUT2D eigenvalue weighted by Crippen LogP contribution is -2.02. The van der Waals surface area contributed by atoms with Gasteiger partial charge in [-0.2, -0.15) is 0 Å². The third kappa shape index (κ3) is 2.62. The highest BCUT2D eigenvalue weighted by Crippen LogP contribution is 2.29. The number of oxazole rings is 1. The van der Waals surface area contributed by atoms with Crippen LogP contribution in [-0.2, 0) is 6.42 Å². The van der Waals surface area contributed by atoms with Gasteiger partial charge in [-0.15, -0.1) is 0 Å². The number of aromatic nitrogens is 1. The fourth-order valence-electron chi connectivity index (χ4n) is 1.63. The molecule has 0 aliphatic rings. The van der Waals surface area contributed by atoms with Crippen LogP contribution in [0.4, 0.5) is 0 Å². The number of hydrogen-bond acceptors (Lipinski definition) is 5. The quantitative estimate of drug-likeness (QED) is 0.874. The molecule has 0 saturated carbocycles. The zero-order valence-electron chi connectivity index (χ0n) is 10.5. The lowest BCUT2D eigenvalue weighted by atomic mass is 10.2. The number of nitrogens with zero attached hydrogens (tertiary/aromatic N) is 1. The van der Waals surface area contributed by atoms with Crippen molar-refractivity contribution >= 4 is 0 Å². The summed E-state index contributed by atoms with van der Waals surface area (Å²) in [6.45, 7) is 0.549. The fraction of sp³-hybridized carbons (Fsp3) is 0.308. The first-order valence-electron chi connectivity index (χ1n) is 5.64. The minimum Gasteiger partial charge on any atom is -0.497 e. The monoisotopic (exact) mass is 248 g/mol. The Balaban J connectivity index is 2.35. The van der Waals surface area contributed by atoms with E-state index < -0.39 is 0 Å². The van der Waals surface area contributed by atoms with Gasteiger partial charge in [0.2, 0.25) is 5.89 Å². The predicted molar refractivity (Wildman–Crippen MR) is 67.8 cm³/mol. The summed E-state index contributed by atoms with van der Waals surface area (Å²) in [4.78, 5) is 4.36. The molecule has 2 N–H and O–H groups in total. The van der Waals surface area contributed by atoms with Crippen molar-refractivity contribution < 1.29 is 13.9 Å². The topological polar surface area (TPSA) is 70.5 Å². The SMILES string of the molecule is COc1cc(OC)cc(-c2nc(CCN)co2)c1. The zero-order valence-corrected chi connectivity index (χ0v) is 10.5. The van der Waals surface area contributed by atoms with Gasteiger partial charge in [0.1, 0.15) is 17.8 Å². The molecule has 1 heterocycles. The Labute approximate surface area is 106 Å². The van der Waals surface area contributed by atoms with Gasteiger partial charge in [0.15, 0.2) is 0 Å². The zero-order chi connectivity index (χ0) is 13.0. The summed E-state index contributed by atoms with van der Waals surface area (Å²) in [5.41, 5.74) is 7.13. The predicted octanol–water partition coefficient (Wildman–Crippen LogP) is 1.86. The number of rotatable bonds is 5. The van der Waals surface area contributed by atoms with Gasteiger partial charge in [-0.3, -0.25) is 0 Å². The second kappa shape index (κ2) is 5.55. The summed E-state index contributed by atoms with van der Waals surface area (Å²) in [6, 6.07) is 5.49. The van der Waals surface area contributed by atoms with E-state index in [1.54, 1.807) is 26.5 Å². The molecule has 0 aliphatic carbocycles. The van der Waals surface area contributed by atoms with Crippen molar-refractivity contribution in [3.05, 3.63) is 30.2 Å². The molecule has 0 unspecified atom stereocenters. The van der Waals surface area contributed by atoms with Crippen molar-refractivity contribution in [3.8, 4) is 23.0 Å². The number of methoxy groups -OCH3 is 2. The van der Waals surface area contributed by atoms with E-state index in [0.717, 1.165) is 11.3 Å². The number of benzene rings is 1. The molecule has 0 spiro atoms. The van der Waals surface area contributed by atoms with Gasteiger partial charge in [-0.05, 0) is 18.7 Å². The van der Waals surface area contributed by atoms with Crippen LogP contribution < -0.4 is 15.2 Å². The van der Waals surface area contributed by atoms with Crippen LogP contribution in [0.1, 0.15) is 5.69 Å². The molecule has 0 bridgehead atoms. The molecule has 0 aliphatic heterocycles. The summed E-state index contributed by atoms with van der Waals surface area (Å²) in [5, 5.41) is 0.